The molecule has 4 aromatic rings. The van der Waals surface area contributed by atoms with Crippen LogP contribution in [0.2, 0.25) is 0 Å². The predicted octanol–water partition coefficient (Wildman–Crippen LogP) is 4.32. The number of benzene rings is 2. The van der Waals surface area contributed by atoms with Gasteiger partial charge in [-0.1, -0.05) is 36.0 Å². The monoisotopic (exact) mass is 906 g/mol. The van der Waals surface area contributed by atoms with E-state index in [1.54, 1.807) is 25.6 Å². The number of thioether (sulfide) groups is 1. The molecule has 4 heterocycles. The minimum absolute atomic E-state index is 0.00371. The van der Waals surface area contributed by atoms with E-state index in [0.717, 1.165) is 29.5 Å². The van der Waals surface area contributed by atoms with Crippen molar-refractivity contribution in [2.24, 2.45) is 7.05 Å². The van der Waals surface area contributed by atoms with Gasteiger partial charge in [0, 0.05) is 82.0 Å². The van der Waals surface area contributed by atoms with Gasteiger partial charge in [-0.05, 0) is 69.7 Å². The second kappa shape index (κ2) is 22.1. The van der Waals surface area contributed by atoms with Crippen molar-refractivity contribution in [3.8, 4) is 0 Å². The zero-order valence-corrected chi connectivity index (χ0v) is 37.9. The number of aromatic amines is 1. The molecule has 0 saturated carbocycles. The number of pyridine rings is 1. The summed E-state index contributed by atoms with van der Waals surface area (Å²) >= 11 is 1.77. The maximum atomic E-state index is 12.7. The zero-order valence-electron chi connectivity index (χ0n) is 36.2. The molecule has 2 amide bonds. The smallest absolute Gasteiger partial charge is 0.378 e. The zero-order chi connectivity index (χ0) is 45.1. The number of phosphoric ester groups is 1. The predicted molar refractivity (Wildman–Crippen MR) is 242 cm³/mol. The fourth-order valence-corrected chi connectivity index (χ4v) is 9.41. The van der Waals surface area contributed by atoms with Crippen molar-refractivity contribution in [2.45, 2.75) is 69.0 Å². The number of phosphoric acid groups is 1. The number of para-hydroxylation sites is 2. The van der Waals surface area contributed by atoms with Crippen LogP contribution in [0.25, 0.3) is 23.1 Å². The first-order valence-electron chi connectivity index (χ1n) is 21.0. The minimum atomic E-state index is -4.34. The molecule has 1 fully saturated rings. The Bertz CT molecular complexity index is 2480. The first kappa shape index (κ1) is 47.6. The van der Waals surface area contributed by atoms with Crippen LogP contribution < -0.4 is 31.3 Å². The van der Waals surface area contributed by atoms with E-state index in [2.05, 4.69) is 99.0 Å². The quantitative estimate of drug-likeness (QED) is 0.0400. The number of likely N-dealkylation sites (N-methyl/N-ethyl adjacent to an activating group) is 1. The van der Waals surface area contributed by atoms with Crippen LogP contribution in [0.15, 0.2) is 92.6 Å². The summed E-state index contributed by atoms with van der Waals surface area (Å²) < 4.78 is 36.8. The third-order valence-corrected chi connectivity index (χ3v) is 12.9. The third-order valence-electron chi connectivity index (χ3n) is 10.6. The molecular formula is C44H57N7O10PS+. The minimum Gasteiger partial charge on any atom is -0.378 e. The molecule has 2 aromatic carbocycles. The SMILES string of the molecule is COC1CC(n2cc(/C=C/C(=O)NCCN(C)CCNC(=O)CCCCN3/C(=C/c4cc[n+](C)c5ccccc45)Sc4ccccc43)c(=O)[nH]c2=O)OC1COP(=O)(O)OC(C)C. The van der Waals surface area contributed by atoms with Crippen LogP contribution in [0, 0.1) is 0 Å². The van der Waals surface area contributed by atoms with Crippen LogP contribution in [-0.2, 0) is 39.7 Å². The molecule has 0 bridgehead atoms. The summed E-state index contributed by atoms with van der Waals surface area (Å²) in [6, 6.07) is 19.0. The van der Waals surface area contributed by atoms with Crippen LogP contribution in [-0.4, -0.2) is 103 Å². The number of ether oxygens (including phenoxy) is 2. The summed E-state index contributed by atoms with van der Waals surface area (Å²) in [5.41, 5.74) is 2.12. The Morgan fingerprint density at radius 3 is 2.60 bits per heavy atom. The number of nitrogens with zero attached hydrogens (tertiary/aromatic N) is 4. The number of H-pyrrole nitrogens is 1. The number of methoxy groups -OCH3 is 1. The van der Waals surface area contributed by atoms with Gasteiger partial charge in [-0.2, -0.15) is 0 Å². The lowest BCUT2D eigenvalue weighted by Crippen LogP contribution is -2.37. The fourth-order valence-electron chi connectivity index (χ4n) is 7.34. The lowest BCUT2D eigenvalue weighted by molar-refractivity contribution is -0.644. The number of fused-ring (bicyclic) bond motifs is 2. The van der Waals surface area contributed by atoms with Gasteiger partial charge in [0.1, 0.15) is 19.4 Å². The molecule has 1 saturated heterocycles. The molecule has 19 heteroatoms. The first-order chi connectivity index (χ1) is 30.2. The van der Waals surface area contributed by atoms with Crippen molar-refractivity contribution in [1.82, 2.24) is 25.1 Å². The number of hydrogen-bond acceptors (Lipinski definition) is 12. The van der Waals surface area contributed by atoms with E-state index in [1.807, 2.05) is 11.9 Å². The topological polar surface area (TPSA) is 198 Å². The molecule has 4 N–H and O–H groups in total. The van der Waals surface area contributed by atoms with Crippen molar-refractivity contribution < 1.29 is 42.1 Å². The fraction of sp³-hybridized carbons (Fsp3) is 0.432. The summed E-state index contributed by atoms with van der Waals surface area (Å²) in [5, 5.41) is 8.14. The van der Waals surface area contributed by atoms with Crippen molar-refractivity contribution in [2.75, 3.05) is 58.4 Å². The molecule has 0 spiro atoms. The molecule has 17 nitrogen and oxygen atoms in total. The van der Waals surface area contributed by atoms with Gasteiger partial charge >= 0.3 is 13.5 Å². The number of carbonyl (C=O) groups excluding carboxylic acids is 2. The number of aromatic nitrogens is 3. The van der Waals surface area contributed by atoms with Gasteiger partial charge in [-0.15, -0.1) is 0 Å². The summed E-state index contributed by atoms with van der Waals surface area (Å²) in [6.45, 7) is 5.52. The molecule has 4 unspecified atom stereocenters. The van der Waals surface area contributed by atoms with Gasteiger partial charge in [-0.3, -0.25) is 33.0 Å². The molecule has 2 aliphatic heterocycles. The number of hydrogen-bond donors (Lipinski definition) is 4. The highest BCUT2D eigenvalue weighted by Crippen LogP contribution is 2.47. The average molecular weight is 907 g/mol. The van der Waals surface area contributed by atoms with Gasteiger partial charge < -0.3 is 34.8 Å². The van der Waals surface area contributed by atoms with Gasteiger partial charge in [-0.25, -0.2) is 13.9 Å². The first-order valence-corrected chi connectivity index (χ1v) is 23.3. The maximum absolute atomic E-state index is 12.7. The van der Waals surface area contributed by atoms with Gasteiger partial charge in [0.15, 0.2) is 6.20 Å². The highest BCUT2D eigenvalue weighted by atomic mass is 32.2. The lowest BCUT2D eigenvalue weighted by atomic mass is 10.1. The molecule has 63 heavy (non-hydrogen) atoms. The van der Waals surface area contributed by atoms with Gasteiger partial charge in [0.25, 0.3) is 5.56 Å². The van der Waals surface area contributed by atoms with Gasteiger partial charge in [0.05, 0.1) is 40.5 Å². The second-order valence-corrected chi connectivity index (χ2v) is 18.1. The van der Waals surface area contributed by atoms with Crippen molar-refractivity contribution in [3.63, 3.8) is 0 Å². The largest absolute Gasteiger partial charge is 0.472 e. The van der Waals surface area contributed by atoms with Crippen molar-refractivity contribution >= 4 is 60.1 Å². The van der Waals surface area contributed by atoms with Crippen LogP contribution in [0.4, 0.5) is 5.69 Å². The second-order valence-electron chi connectivity index (χ2n) is 15.6. The van der Waals surface area contributed by atoms with Crippen LogP contribution >= 0.6 is 19.6 Å². The van der Waals surface area contributed by atoms with E-state index >= 15 is 0 Å². The Balaban J connectivity index is 0.901. The Morgan fingerprint density at radius 1 is 1.08 bits per heavy atom. The Labute approximate surface area is 370 Å². The Kier molecular flexibility index (Phi) is 16.7. The number of rotatable bonds is 21. The number of amides is 2. The third kappa shape index (κ3) is 13.1. The number of carbonyl (C=O) groups is 2. The van der Waals surface area contributed by atoms with Crippen LogP contribution in [0.1, 0.15) is 56.9 Å². The summed E-state index contributed by atoms with van der Waals surface area (Å²) in [5.74, 6) is -0.447. The average Bonchev–Trinajstić information content (AvgIpc) is 3.82. The van der Waals surface area contributed by atoms with E-state index in [-0.39, 0.29) is 24.5 Å². The number of anilines is 1. The van der Waals surface area contributed by atoms with Crippen LogP contribution in [0.3, 0.4) is 0 Å². The number of unbranched alkanes of at least 4 members (excludes halogenated alkanes) is 1. The molecule has 0 radical (unpaired) electrons. The standard InChI is InChI=1S/C44H56N7O10PS/c1-30(2)61-62(56,57)59-29-37-36(58-5)27-41(60-37)51-28-32(43(54)47-44(51)55)17-18-40(53)46-21-25-48(3)24-20-45-39(52)16-10-11-22-50-35-14-8-9-15-38(35)63-42(50)26-31-19-23-49(4)34-13-7-6-12-33(31)34/h6-9,12-15,17-19,23,26,28,30,36-37,41H,10-11,16,20-22,24-25,27,29H2,1-5H3,(H3-,45,46,47,52,53,54,55,56,57)/p+1/b18-17+. The number of nitrogens with one attached hydrogen (secondary N) is 3. The van der Waals surface area contributed by atoms with E-state index in [1.165, 1.54) is 52.0 Å². The highest BCUT2D eigenvalue weighted by Gasteiger charge is 2.39. The van der Waals surface area contributed by atoms with E-state index < -0.39 is 49.5 Å². The van der Waals surface area contributed by atoms with Crippen molar-refractivity contribution in [3.05, 3.63) is 110 Å². The molecular weight excluding hydrogens is 850 g/mol. The van der Waals surface area contributed by atoms with Crippen LogP contribution in [0.5, 0.6) is 0 Å². The Morgan fingerprint density at radius 2 is 1.83 bits per heavy atom. The van der Waals surface area contributed by atoms with E-state index in [9.17, 15) is 28.6 Å². The highest BCUT2D eigenvalue weighted by molar-refractivity contribution is 8.03. The van der Waals surface area contributed by atoms with Crippen molar-refractivity contribution in [1.29, 1.82) is 0 Å². The Hall–Kier alpha value is -4.91. The number of aryl methyl sites for hydroxylation is 1. The summed E-state index contributed by atoms with van der Waals surface area (Å²) in [6.07, 6.45) is 7.48. The normalized spacial score (nSPS) is 19.1. The van der Waals surface area contributed by atoms with E-state index in [4.69, 9.17) is 18.5 Å². The molecule has 338 valence electrons. The molecule has 0 aliphatic carbocycles. The molecule has 4 atom stereocenters. The molecule has 2 aliphatic rings. The maximum Gasteiger partial charge on any atom is 0.472 e. The van der Waals surface area contributed by atoms with Gasteiger partial charge in [0.2, 0.25) is 17.3 Å². The van der Waals surface area contributed by atoms with E-state index in [0.29, 0.717) is 32.6 Å². The molecule has 2 aromatic heterocycles. The lowest BCUT2D eigenvalue weighted by Gasteiger charge is -2.21. The molecule has 6 rings (SSSR count). The summed E-state index contributed by atoms with van der Waals surface area (Å²) in [4.78, 5) is 68.4. The summed E-state index contributed by atoms with van der Waals surface area (Å²) in [7, 11) is 1.04.